The van der Waals surface area contributed by atoms with E-state index in [1.165, 1.54) is 59.6 Å². The number of hydrogen-bond donors (Lipinski definition) is 0. The normalized spacial score (nSPS) is 12.2. The number of fused-ring (bicyclic) bond motifs is 8. The number of benzene rings is 5. The predicted molar refractivity (Wildman–Crippen MR) is 139 cm³/mol. The molecule has 0 saturated carbocycles. The van der Waals surface area contributed by atoms with Crippen LogP contribution < -0.4 is 0 Å². The molecule has 0 aliphatic heterocycles. The minimum atomic E-state index is 1.01. The average Bonchev–Trinajstić information content (AvgIpc) is 3.37. The van der Waals surface area contributed by atoms with Crippen LogP contribution in [0.1, 0.15) is 0 Å². The van der Waals surface area contributed by atoms with Crippen LogP contribution >= 0.6 is 0 Å². The topological polar surface area (TPSA) is 17.3 Å². The van der Waals surface area contributed by atoms with Gasteiger partial charge in [-0.05, 0) is 70.1 Å². The zero-order chi connectivity index (χ0) is 21.5. The molecule has 0 saturated heterocycles. The lowest BCUT2D eigenvalue weighted by molar-refractivity contribution is 1.33. The van der Waals surface area contributed by atoms with Gasteiger partial charge >= 0.3 is 0 Å². The second-order valence-corrected chi connectivity index (χ2v) is 8.90. The molecule has 0 radical (unpaired) electrons. The summed E-state index contributed by atoms with van der Waals surface area (Å²) >= 11 is 0. The molecular weight excluding hydrogens is 400 g/mol. The minimum absolute atomic E-state index is 1.01. The van der Waals surface area contributed by atoms with Crippen molar-refractivity contribution in [2.24, 2.45) is 0 Å². The second-order valence-electron chi connectivity index (χ2n) is 8.90. The van der Waals surface area contributed by atoms with Crippen molar-refractivity contribution in [3.8, 4) is 11.3 Å². The standard InChI is InChI=1S/C31H18N2/c1-3-9-21-17-29-24(13-19(21)7-1)26-15-23(28-11-5-6-12-32-28)16-27-25-14-20-8-2-4-10-22(20)18-30(25)33(29)31(26)27/h1-18H. The first-order valence-corrected chi connectivity index (χ1v) is 11.3. The smallest absolute Gasteiger partial charge is 0.0702 e. The highest BCUT2D eigenvalue weighted by atomic mass is 14.9. The third-order valence-electron chi connectivity index (χ3n) is 7.08. The van der Waals surface area contributed by atoms with Gasteiger partial charge in [-0.15, -0.1) is 0 Å². The molecule has 3 heterocycles. The van der Waals surface area contributed by atoms with Gasteiger partial charge in [0.2, 0.25) is 0 Å². The van der Waals surface area contributed by atoms with Crippen molar-refractivity contribution >= 4 is 59.6 Å². The zero-order valence-corrected chi connectivity index (χ0v) is 17.8. The van der Waals surface area contributed by atoms with E-state index in [-0.39, 0.29) is 0 Å². The first-order valence-electron chi connectivity index (χ1n) is 11.3. The molecule has 0 aliphatic rings. The van der Waals surface area contributed by atoms with Crippen molar-refractivity contribution < 1.29 is 0 Å². The first-order chi connectivity index (χ1) is 16.3. The number of pyridine rings is 1. The predicted octanol–water partition coefficient (Wildman–Crippen LogP) is 8.21. The van der Waals surface area contributed by atoms with Crippen LogP contribution in [-0.2, 0) is 0 Å². The Morgan fingerprint density at radius 2 is 1.00 bits per heavy atom. The summed E-state index contributed by atoms with van der Waals surface area (Å²) in [6, 6.07) is 37.4. The fraction of sp³-hybridized carbons (Fsp3) is 0. The van der Waals surface area contributed by atoms with Crippen LogP contribution in [-0.4, -0.2) is 9.38 Å². The Labute approximate surface area is 189 Å². The summed E-state index contributed by atoms with van der Waals surface area (Å²) in [6.07, 6.45) is 1.87. The van der Waals surface area contributed by atoms with E-state index in [0.717, 1.165) is 11.3 Å². The molecule has 0 atom stereocenters. The summed E-state index contributed by atoms with van der Waals surface area (Å²) in [7, 11) is 0. The van der Waals surface area contributed by atoms with Gasteiger partial charge in [-0.2, -0.15) is 0 Å². The third-order valence-corrected chi connectivity index (χ3v) is 7.08. The number of rotatable bonds is 1. The van der Waals surface area contributed by atoms with Gasteiger partial charge in [0.05, 0.1) is 22.2 Å². The van der Waals surface area contributed by atoms with Gasteiger partial charge in [-0.1, -0.05) is 54.6 Å². The number of nitrogens with zero attached hydrogens (tertiary/aromatic N) is 2. The molecule has 33 heavy (non-hydrogen) atoms. The highest BCUT2D eigenvalue weighted by Gasteiger charge is 2.20. The Hall–Kier alpha value is -4.43. The molecular formula is C31H18N2. The van der Waals surface area contributed by atoms with Crippen molar-refractivity contribution in [3.63, 3.8) is 0 Å². The van der Waals surface area contributed by atoms with E-state index in [0.29, 0.717) is 0 Å². The molecule has 0 unspecified atom stereocenters. The Bertz CT molecular complexity index is 1890. The van der Waals surface area contributed by atoms with Crippen molar-refractivity contribution in [2.45, 2.75) is 0 Å². The maximum atomic E-state index is 4.66. The maximum Gasteiger partial charge on any atom is 0.0702 e. The Balaban J connectivity index is 1.66. The molecule has 2 heteroatoms. The molecule has 5 aromatic carbocycles. The molecule has 0 fully saturated rings. The lowest BCUT2D eigenvalue weighted by Crippen LogP contribution is -1.82. The van der Waals surface area contributed by atoms with Crippen LogP contribution in [0.5, 0.6) is 0 Å². The zero-order valence-electron chi connectivity index (χ0n) is 17.8. The summed E-state index contributed by atoms with van der Waals surface area (Å²) < 4.78 is 2.47. The molecule has 3 aromatic heterocycles. The SMILES string of the molecule is c1ccc(-c2cc3c4cc5ccccc5cc4n4c5cc6ccccc6cc5c(c2)c34)nc1. The van der Waals surface area contributed by atoms with Gasteiger partial charge in [0.1, 0.15) is 0 Å². The van der Waals surface area contributed by atoms with E-state index in [9.17, 15) is 0 Å². The summed E-state index contributed by atoms with van der Waals surface area (Å²) in [6.45, 7) is 0. The summed E-state index contributed by atoms with van der Waals surface area (Å²) in [5.41, 5.74) is 5.98. The van der Waals surface area contributed by atoms with E-state index in [4.69, 9.17) is 0 Å². The van der Waals surface area contributed by atoms with Gasteiger partial charge < -0.3 is 4.40 Å². The molecule has 2 nitrogen and oxygen atoms in total. The monoisotopic (exact) mass is 418 g/mol. The molecule has 0 amide bonds. The summed E-state index contributed by atoms with van der Waals surface area (Å²) in [5.74, 6) is 0. The molecule has 8 rings (SSSR count). The molecule has 152 valence electrons. The first kappa shape index (κ1) is 17.2. The van der Waals surface area contributed by atoms with Gasteiger partial charge in [0.15, 0.2) is 0 Å². The van der Waals surface area contributed by atoms with Crippen LogP contribution in [0, 0.1) is 0 Å². The highest BCUT2D eigenvalue weighted by molar-refractivity contribution is 6.26. The van der Waals surface area contributed by atoms with Crippen LogP contribution in [0.4, 0.5) is 0 Å². The Morgan fingerprint density at radius 1 is 0.485 bits per heavy atom. The average molecular weight is 418 g/mol. The van der Waals surface area contributed by atoms with Crippen molar-refractivity contribution in [3.05, 3.63) is 109 Å². The van der Waals surface area contributed by atoms with Crippen LogP contribution in [0.15, 0.2) is 109 Å². The van der Waals surface area contributed by atoms with E-state index in [1.54, 1.807) is 0 Å². The fourth-order valence-electron chi connectivity index (χ4n) is 5.60. The van der Waals surface area contributed by atoms with Crippen molar-refractivity contribution in [1.82, 2.24) is 9.38 Å². The van der Waals surface area contributed by atoms with E-state index in [1.807, 2.05) is 12.3 Å². The largest absolute Gasteiger partial charge is 0.308 e. The molecule has 0 aliphatic carbocycles. The lowest BCUT2D eigenvalue weighted by atomic mass is 9.99. The van der Waals surface area contributed by atoms with Crippen LogP contribution in [0.3, 0.4) is 0 Å². The second kappa shape index (κ2) is 6.08. The maximum absolute atomic E-state index is 4.66. The number of hydrogen-bond acceptors (Lipinski definition) is 1. The summed E-state index contributed by atoms with van der Waals surface area (Å²) in [5, 5.41) is 10.2. The van der Waals surface area contributed by atoms with E-state index in [2.05, 4.69) is 106 Å². The van der Waals surface area contributed by atoms with Crippen LogP contribution in [0.2, 0.25) is 0 Å². The van der Waals surface area contributed by atoms with Crippen molar-refractivity contribution in [2.75, 3.05) is 0 Å². The fourth-order valence-corrected chi connectivity index (χ4v) is 5.60. The number of aromatic nitrogens is 2. The third kappa shape index (κ3) is 2.25. The van der Waals surface area contributed by atoms with E-state index < -0.39 is 0 Å². The van der Waals surface area contributed by atoms with Crippen LogP contribution in [0.25, 0.3) is 70.9 Å². The van der Waals surface area contributed by atoms with Gasteiger partial charge in [-0.3, -0.25) is 4.98 Å². The van der Waals surface area contributed by atoms with Gasteiger partial charge in [0.25, 0.3) is 0 Å². The van der Waals surface area contributed by atoms with Gasteiger partial charge in [0, 0.05) is 33.3 Å². The quantitative estimate of drug-likeness (QED) is 0.262. The Kier molecular flexibility index (Phi) is 3.16. The minimum Gasteiger partial charge on any atom is -0.308 e. The molecule has 0 spiro atoms. The van der Waals surface area contributed by atoms with Crippen molar-refractivity contribution in [1.29, 1.82) is 0 Å². The Morgan fingerprint density at radius 3 is 1.52 bits per heavy atom. The van der Waals surface area contributed by atoms with E-state index >= 15 is 0 Å². The summed E-state index contributed by atoms with van der Waals surface area (Å²) in [4.78, 5) is 4.66. The van der Waals surface area contributed by atoms with Gasteiger partial charge in [-0.25, -0.2) is 0 Å². The molecule has 8 aromatic rings. The lowest BCUT2D eigenvalue weighted by Gasteiger charge is -2.05. The molecule has 0 N–H and O–H groups in total. The highest BCUT2D eigenvalue weighted by Crippen LogP contribution is 2.43. The molecule has 0 bridgehead atoms.